The lowest BCUT2D eigenvalue weighted by molar-refractivity contribution is 0.348. The number of likely N-dealkylation sites (N-methyl/N-ethyl adjacent to an activating group) is 1. The zero-order valence-corrected chi connectivity index (χ0v) is 15.8. The van der Waals surface area contributed by atoms with Gasteiger partial charge in [0, 0.05) is 11.7 Å². The molecule has 0 saturated heterocycles. The van der Waals surface area contributed by atoms with Crippen molar-refractivity contribution in [2.24, 2.45) is 0 Å². The number of methoxy groups -OCH3 is 1. The van der Waals surface area contributed by atoms with Crippen molar-refractivity contribution in [3.05, 3.63) is 71.6 Å². The van der Waals surface area contributed by atoms with Crippen molar-refractivity contribution in [3.63, 3.8) is 0 Å². The van der Waals surface area contributed by atoms with Gasteiger partial charge in [-0.15, -0.1) is 0 Å². The predicted octanol–water partition coefficient (Wildman–Crippen LogP) is 4.46. The Bertz CT molecular complexity index is 685. The van der Waals surface area contributed by atoms with E-state index in [0.29, 0.717) is 11.7 Å². The molecule has 0 bridgehead atoms. The van der Waals surface area contributed by atoms with Crippen molar-refractivity contribution in [3.8, 4) is 5.75 Å². The van der Waals surface area contributed by atoms with E-state index in [-0.39, 0.29) is 0 Å². The maximum absolute atomic E-state index is 5.34. The van der Waals surface area contributed by atoms with Gasteiger partial charge in [0.2, 0.25) is 0 Å². The summed E-state index contributed by atoms with van der Waals surface area (Å²) in [5, 5.41) is 2.95. The van der Waals surface area contributed by atoms with Crippen LogP contribution >= 0.6 is 7.92 Å². The average Bonchev–Trinajstić information content (AvgIpc) is 3.27. The summed E-state index contributed by atoms with van der Waals surface area (Å²) in [7, 11) is 5.62. The van der Waals surface area contributed by atoms with Crippen LogP contribution in [0, 0.1) is 0 Å². The smallest absolute Gasteiger partial charge is 0.118 e. The van der Waals surface area contributed by atoms with Crippen LogP contribution in [-0.4, -0.2) is 37.8 Å². The van der Waals surface area contributed by atoms with E-state index in [9.17, 15) is 0 Å². The topological polar surface area (TPSA) is 12.5 Å². The van der Waals surface area contributed by atoms with Crippen LogP contribution < -0.4 is 10.0 Å². The first-order valence-corrected chi connectivity index (χ1v) is 9.87. The normalized spacial score (nSPS) is 19.5. The number of ether oxygens (including phenoxy) is 1. The second kappa shape index (κ2) is 7.51. The predicted molar refractivity (Wildman–Crippen MR) is 106 cm³/mol. The van der Waals surface area contributed by atoms with Crippen molar-refractivity contribution in [1.29, 1.82) is 0 Å². The highest BCUT2D eigenvalue weighted by Gasteiger charge is 2.29. The molecule has 2 aliphatic rings. The van der Waals surface area contributed by atoms with Crippen molar-refractivity contribution >= 4 is 13.2 Å². The highest BCUT2D eigenvalue weighted by molar-refractivity contribution is 7.71. The minimum atomic E-state index is -0.435. The highest BCUT2D eigenvalue weighted by atomic mass is 31.1. The summed E-state index contributed by atoms with van der Waals surface area (Å²) >= 11 is 0. The molecule has 0 spiro atoms. The maximum Gasteiger partial charge on any atom is 0.118 e. The Morgan fingerprint density at radius 2 is 1.79 bits per heavy atom. The minimum Gasteiger partial charge on any atom is -0.497 e. The third kappa shape index (κ3) is 3.41. The van der Waals surface area contributed by atoms with Crippen LogP contribution in [0.15, 0.2) is 71.6 Å². The van der Waals surface area contributed by atoms with E-state index in [1.54, 1.807) is 12.7 Å². The second-order valence-corrected chi connectivity index (χ2v) is 8.82. The van der Waals surface area contributed by atoms with Crippen LogP contribution in [0.3, 0.4) is 0 Å². The van der Waals surface area contributed by atoms with Crippen molar-refractivity contribution in [1.82, 2.24) is 4.90 Å². The van der Waals surface area contributed by atoms with Crippen LogP contribution in [0.2, 0.25) is 0 Å². The lowest BCUT2D eigenvalue weighted by Gasteiger charge is -2.29. The summed E-state index contributed by atoms with van der Waals surface area (Å²) in [6.45, 7) is 2.31. The van der Waals surface area contributed by atoms with E-state index >= 15 is 0 Å². The molecule has 0 amide bonds. The molecule has 0 saturated carbocycles. The van der Waals surface area contributed by atoms with Gasteiger partial charge in [0.1, 0.15) is 5.75 Å². The molecule has 0 aliphatic heterocycles. The highest BCUT2D eigenvalue weighted by Crippen LogP contribution is 2.55. The summed E-state index contributed by atoms with van der Waals surface area (Å²) < 4.78 is 5.34. The summed E-state index contributed by atoms with van der Waals surface area (Å²) in [5.74, 6) is 0.920. The van der Waals surface area contributed by atoms with E-state index in [1.165, 1.54) is 10.6 Å². The molecule has 0 aromatic heterocycles. The van der Waals surface area contributed by atoms with E-state index in [1.807, 2.05) is 0 Å². The van der Waals surface area contributed by atoms with Gasteiger partial charge < -0.3 is 9.64 Å². The Kier molecular flexibility index (Phi) is 5.38. The Morgan fingerprint density at radius 1 is 1.12 bits per heavy atom. The number of benzene rings is 1. The van der Waals surface area contributed by atoms with Crippen LogP contribution in [0.25, 0.3) is 0 Å². The van der Waals surface area contributed by atoms with Gasteiger partial charge in [-0.1, -0.05) is 48.6 Å². The van der Waals surface area contributed by atoms with Gasteiger partial charge in [0.15, 0.2) is 0 Å². The Labute approximate surface area is 147 Å². The molecular formula is C21H26NOP. The molecule has 0 radical (unpaired) electrons. The fourth-order valence-electron chi connectivity index (χ4n) is 3.25. The molecule has 2 nitrogen and oxygen atoms in total. The van der Waals surface area contributed by atoms with Crippen molar-refractivity contribution < 1.29 is 4.74 Å². The third-order valence-corrected chi connectivity index (χ3v) is 7.61. The van der Waals surface area contributed by atoms with Crippen LogP contribution in [0.4, 0.5) is 0 Å². The summed E-state index contributed by atoms with van der Waals surface area (Å²) in [5.41, 5.74) is 2.05. The van der Waals surface area contributed by atoms with Crippen LogP contribution in [0.5, 0.6) is 5.75 Å². The van der Waals surface area contributed by atoms with Crippen LogP contribution in [-0.2, 0) is 0 Å². The Hall–Kier alpha value is -1.63. The van der Waals surface area contributed by atoms with Gasteiger partial charge in [-0.05, 0) is 63.7 Å². The van der Waals surface area contributed by atoms with Gasteiger partial charge in [0.05, 0.1) is 7.11 Å². The average molecular weight is 339 g/mol. The van der Waals surface area contributed by atoms with Crippen LogP contribution in [0.1, 0.15) is 13.3 Å². The number of rotatable bonds is 6. The quantitative estimate of drug-likeness (QED) is 0.710. The first-order chi connectivity index (χ1) is 11.6. The summed E-state index contributed by atoms with van der Waals surface area (Å²) in [4.78, 5) is 2.31. The number of allylic oxidation sites excluding steroid dienone is 7. The third-order valence-electron chi connectivity index (χ3n) is 4.86. The van der Waals surface area contributed by atoms with Gasteiger partial charge in [-0.2, -0.15) is 0 Å². The van der Waals surface area contributed by atoms with Gasteiger partial charge in [0.25, 0.3) is 0 Å². The van der Waals surface area contributed by atoms with E-state index in [0.717, 1.165) is 12.2 Å². The molecular weight excluding hydrogens is 313 g/mol. The SMILES string of the molecule is COc1ccc(P(C2=C([C@@H](C)N(C)C)CC=C2)C2C=CC=C2)cc1. The number of hydrogen-bond donors (Lipinski definition) is 0. The molecule has 1 unspecified atom stereocenters. The van der Waals surface area contributed by atoms with Crippen molar-refractivity contribution in [2.75, 3.05) is 21.2 Å². The first kappa shape index (κ1) is 17.2. The Balaban J connectivity index is 2.04. The molecule has 1 aromatic rings. The first-order valence-electron chi connectivity index (χ1n) is 8.46. The van der Waals surface area contributed by atoms with Gasteiger partial charge in [-0.25, -0.2) is 0 Å². The number of nitrogens with zero attached hydrogens (tertiary/aromatic N) is 1. The van der Waals surface area contributed by atoms with E-state index in [4.69, 9.17) is 4.74 Å². The molecule has 0 fully saturated rings. The summed E-state index contributed by atoms with van der Waals surface area (Å²) in [6.07, 6.45) is 14.8. The fraction of sp³-hybridized carbons (Fsp3) is 0.333. The lowest BCUT2D eigenvalue weighted by atomic mass is 10.1. The molecule has 3 heteroatoms. The molecule has 24 heavy (non-hydrogen) atoms. The fourth-order valence-corrected chi connectivity index (χ4v) is 6.06. The lowest BCUT2D eigenvalue weighted by Crippen LogP contribution is -2.27. The molecule has 0 N–H and O–H groups in total. The van der Waals surface area contributed by atoms with Gasteiger partial charge in [-0.3, -0.25) is 0 Å². The zero-order chi connectivity index (χ0) is 17.1. The molecule has 3 rings (SSSR count). The Morgan fingerprint density at radius 3 is 2.38 bits per heavy atom. The molecule has 0 heterocycles. The summed E-state index contributed by atoms with van der Waals surface area (Å²) in [6, 6.07) is 9.11. The second-order valence-electron chi connectivity index (χ2n) is 6.48. The largest absolute Gasteiger partial charge is 0.497 e. The van der Waals surface area contributed by atoms with E-state index in [2.05, 4.69) is 86.6 Å². The van der Waals surface area contributed by atoms with E-state index < -0.39 is 7.92 Å². The standard InChI is InChI=1S/C21H26NOP/c1-16(22(2)3)20-10-7-11-21(20)24(18-8-5-6-9-18)19-14-12-17(23-4)13-15-19/h5-9,11-16,18H,10H2,1-4H3/t16-,24?/m1/s1. The zero-order valence-electron chi connectivity index (χ0n) is 14.9. The monoisotopic (exact) mass is 339 g/mol. The molecule has 126 valence electrons. The molecule has 2 aliphatic carbocycles. The molecule has 1 aromatic carbocycles. The maximum atomic E-state index is 5.34. The number of hydrogen-bond acceptors (Lipinski definition) is 2. The molecule has 2 atom stereocenters. The van der Waals surface area contributed by atoms with Gasteiger partial charge >= 0.3 is 0 Å². The van der Waals surface area contributed by atoms with Crippen molar-refractivity contribution in [2.45, 2.75) is 25.0 Å². The minimum absolute atomic E-state index is 0.435.